The van der Waals surface area contributed by atoms with E-state index in [1.165, 1.54) is 23.3 Å². The van der Waals surface area contributed by atoms with Crippen molar-refractivity contribution in [2.75, 3.05) is 27.8 Å². The van der Waals surface area contributed by atoms with E-state index in [0.29, 0.717) is 23.5 Å². The van der Waals surface area contributed by atoms with Crippen LogP contribution in [0.5, 0.6) is 11.5 Å². The highest BCUT2D eigenvalue weighted by atomic mass is 19.4. The van der Waals surface area contributed by atoms with Crippen molar-refractivity contribution in [2.45, 2.75) is 46.2 Å². The minimum Gasteiger partial charge on any atom is -0.467 e. The fourth-order valence-corrected chi connectivity index (χ4v) is 3.38. The highest BCUT2D eigenvalue weighted by Crippen LogP contribution is 2.34. The molecule has 0 spiro atoms. The molecule has 0 radical (unpaired) electrons. The van der Waals surface area contributed by atoms with E-state index in [0.717, 1.165) is 36.1 Å². The molecule has 0 aromatic heterocycles. The third-order valence-electron chi connectivity index (χ3n) is 5.31. The first-order valence-electron chi connectivity index (χ1n) is 11.7. The van der Waals surface area contributed by atoms with Crippen molar-refractivity contribution in [3.05, 3.63) is 82.0 Å². The van der Waals surface area contributed by atoms with Crippen LogP contribution in [0.25, 0.3) is 12.2 Å². The van der Waals surface area contributed by atoms with Crippen LogP contribution >= 0.6 is 0 Å². The maximum Gasteiger partial charge on any atom is 0.416 e. The van der Waals surface area contributed by atoms with E-state index >= 15 is 0 Å². The minimum atomic E-state index is -4.36. The van der Waals surface area contributed by atoms with Crippen LogP contribution in [0, 0.1) is 0 Å². The summed E-state index contributed by atoms with van der Waals surface area (Å²) in [7, 11) is 3.09. The van der Waals surface area contributed by atoms with Gasteiger partial charge in [-0.05, 0) is 75.4 Å². The molecule has 2 aromatic carbocycles. The van der Waals surface area contributed by atoms with Gasteiger partial charge < -0.3 is 18.9 Å². The van der Waals surface area contributed by atoms with Crippen LogP contribution in [0.1, 0.15) is 55.9 Å². The molecule has 2 rings (SSSR count). The summed E-state index contributed by atoms with van der Waals surface area (Å²) in [6.07, 6.45) is 6.09. The molecule has 0 bridgehead atoms. The van der Waals surface area contributed by atoms with Gasteiger partial charge in [-0.2, -0.15) is 13.2 Å². The molecule has 0 saturated carbocycles. The summed E-state index contributed by atoms with van der Waals surface area (Å²) < 4.78 is 60.4. The predicted octanol–water partition coefficient (Wildman–Crippen LogP) is 8.08. The summed E-state index contributed by atoms with van der Waals surface area (Å²) in [5.41, 5.74) is 4.14. The first-order valence-corrected chi connectivity index (χ1v) is 11.7. The number of methoxy groups -OCH3 is 2. The predicted molar refractivity (Wildman–Crippen MR) is 138 cm³/mol. The summed E-state index contributed by atoms with van der Waals surface area (Å²) in [6.45, 7) is 6.40. The zero-order chi connectivity index (χ0) is 26.6. The van der Waals surface area contributed by atoms with Gasteiger partial charge in [-0.1, -0.05) is 47.6 Å². The molecule has 0 fully saturated rings. The molecule has 196 valence electrons. The van der Waals surface area contributed by atoms with E-state index in [1.807, 2.05) is 12.1 Å². The Kier molecular flexibility index (Phi) is 11.8. The van der Waals surface area contributed by atoms with Crippen LogP contribution in [0.15, 0.2) is 59.7 Å². The van der Waals surface area contributed by atoms with Gasteiger partial charge in [0.05, 0.1) is 5.56 Å². The summed E-state index contributed by atoms with van der Waals surface area (Å²) in [4.78, 5) is 0. The Morgan fingerprint density at radius 3 is 1.86 bits per heavy atom. The molecular formula is C29H35F3O4. The quantitative estimate of drug-likeness (QED) is 0.157. The number of hydrogen-bond acceptors (Lipinski definition) is 4. The Hall–Kier alpha value is -3.03. The number of allylic oxidation sites excluding steroid dienone is 4. The number of alkyl halides is 3. The van der Waals surface area contributed by atoms with E-state index < -0.39 is 11.7 Å². The van der Waals surface area contributed by atoms with Gasteiger partial charge in [-0.15, -0.1) is 0 Å². The molecule has 0 aliphatic carbocycles. The molecule has 36 heavy (non-hydrogen) atoms. The molecule has 0 unspecified atom stereocenters. The second kappa shape index (κ2) is 14.5. The van der Waals surface area contributed by atoms with Crippen molar-refractivity contribution >= 4 is 12.2 Å². The largest absolute Gasteiger partial charge is 0.467 e. The zero-order valence-electron chi connectivity index (χ0n) is 21.6. The lowest BCUT2D eigenvalue weighted by Gasteiger charge is -2.16. The van der Waals surface area contributed by atoms with Gasteiger partial charge in [-0.25, -0.2) is 0 Å². The smallest absolute Gasteiger partial charge is 0.416 e. The molecule has 0 heterocycles. The fraction of sp³-hybridized carbons (Fsp3) is 0.379. The number of rotatable bonds is 13. The van der Waals surface area contributed by atoms with Crippen molar-refractivity contribution in [1.29, 1.82) is 0 Å². The summed E-state index contributed by atoms with van der Waals surface area (Å²) in [5, 5.41) is 0. The number of hydrogen-bond donors (Lipinski definition) is 0. The number of benzene rings is 2. The second-order valence-electron chi connectivity index (χ2n) is 8.63. The highest BCUT2D eigenvalue weighted by Gasteiger charge is 2.29. The zero-order valence-corrected chi connectivity index (χ0v) is 21.6. The summed E-state index contributed by atoms with van der Waals surface area (Å²) in [5.74, 6) is 1.21. The number of ether oxygens (including phenoxy) is 4. The van der Waals surface area contributed by atoms with E-state index in [-0.39, 0.29) is 13.6 Å². The standard InChI is InChI=1S/C29H35F3O4/c1-21(2)7-6-8-22(3)9-16-26-27(35-19-33-4)17-24(18-28(26)36-20-34-5)11-10-23-12-14-25(15-13-23)29(30,31)32/h7,9-15,17-18H,6,8,16,19-20H2,1-5H3. The molecule has 0 aliphatic rings. The fourth-order valence-electron chi connectivity index (χ4n) is 3.38. The Morgan fingerprint density at radius 2 is 1.36 bits per heavy atom. The first kappa shape index (κ1) is 29.2. The third kappa shape index (κ3) is 9.91. The maximum absolute atomic E-state index is 12.8. The van der Waals surface area contributed by atoms with Gasteiger partial charge in [0.2, 0.25) is 0 Å². The van der Waals surface area contributed by atoms with Gasteiger partial charge >= 0.3 is 6.18 Å². The maximum atomic E-state index is 12.8. The van der Waals surface area contributed by atoms with Crippen molar-refractivity contribution in [2.24, 2.45) is 0 Å². The van der Waals surface area contributed by atoms with E-state index in [2.05, 4.69) is 32.9 Å². The van der Waals surface area contributed by atoms with E-state index in [9.17, 15) is 13.2 Å². The van der Waals surface area contributed by atoms with Gasteiger partial charge in [-0.3, -0.25) is 0 Å². The monoisotopic (exact) mass is 504 g/mol. The average Bonchev–Trinajstić information content (AvgIpc) is 2.83. The molecule has 4 nitrogen and oxygen atoms in total. The molecule has 2 aromatic rings. The lowest BCUT2D eigenvalue weighted by molar-refractivity contribution is -0.137. The Morgan fingerprint density at radius 1 is 0.806 bits per heavy atom. The van der Waals surface area contributed by atoms with Gasteiger partial charge in [0.1, 0.15) is 11.5 Å². The van der Waals surface area contributed by atoms with Crippen molar-refractivity contribution in [3.63, 3.8) is 0 Å². The molecule has 0 saturated heterocycles. The molecule has 0 atom stereocenters. The van der Waals surface area contributed by atoms with Gasteiger partial charge in [0.15, 0.2) is 13.6 Å². The summed E-state index contributed by atoms with van der Waals surface area (Å²) >= 11 is 0. The van der Waals surface area contributed by atoms with Crippen molar-refractivity contribution < 1.29 is 32.1 Å². The Balaban J connectivity index is 2.35. The van der Waals surface area contributed by atoms with Crippen LogP contribution in [-0.4, -0.2) is 27.8 Å². The molecule has 0 aliphatic heterocycles. The lowest BCUT2D eigenvalue weighted by Crippen LogP contribution is -2.06. The molecular weight excluding hydrogens is 469 g/mol. The van der Waals surface area contributed by atoms with E-state index in [4.69, 9.17) is 18.9 Å². The third-order valence-corrected chi connectivity index (χ3v) is 5.31. The van der Waals surface area contributed by atoms with Crippen LogP contribution in [0.2, 0.25) is 0 Å². The van der Waals surface area contributed by atoms with Gasteiger partial charge in [0.25, 0.3) is 0 Å². The van der Waals surface area contributed by atoms with Gasteiger partial charge in [0, 0.05) is 19.8 Å². The lowest BCUT2D eigenvalue weighted by atomic mass is 10.0. The number of halogens is 3. The average molecular weight is 505 g/mol. The van der Waals surface area contributed by atoms with Crippen LogP contribution in [0.4, 0.5) is 13.2 Å². The summed E-state index contributed by atoms with van der Waals surface area (Å²) in [6, 6.07) is 8.72. The molecule has 0 N–H and O–H groups in total. The van der Waals surface area contributed by atoms with E-state index in [1.54, 1.807) is 26.4 Å². The second-order valence-corrected chi connectivity index (χ2v) is 8.63. The van der Waals surface area contributed by atoms with Crippen molar-refractivity contribution in [3.8, 4) is 11.5 Å². The van der Waals surface area contributed by atoms with Crippen LogP contribution in [0.3, 0.4) is 0 Å². The molecule has 0 amide bonds. The van der Waals surface area contributed by atoms with Crippen molar-refractivity contribution in [1.82, 2.24) is 0 Å². The Labute approximate surface area is 212 Å². The molecule has 7 heteroatoms. The minimum absolute atomic E-state index is 0.0616. The Bertz CT molecular complexity index is 1020. The highest BCUT2D eigenvalue weighted by molar-refractivity contribution is 5.72. The van der Waals surface area contributed by atoms with Crippen LogP contribution < -0.4 is 9.47 Å². The SMILES string of the molecule is COCOc1cc(C=Cc2ccc(C(F)(F)F)cc2)cc(OCOC)c1CC=C(C)CCC=C(C)C. The topological polar surface area (TPSA) is 36.9 Å². The van der Waals surface area contributed by atoms with Crippen LogP contribution in [-0.2, 0) is 22.1 Å². The normalized spacial score (nSPS) is 12.2. The first-order chi connectivity index (χ1) is 17.1.